The predicted molar refractivity (Wildman–Crippen MR) is 110 cm³/mol. The van der Waals surface area contributed by atoms with Gasteiger partial charge < -0.3 is 20.1 Å². The number of hydrogen-bond donors (Lipinski definition) is 2. The van der Waals surface area contributed by atoms with Crippen molar-refractivity contribution in [3.63, 3.8) is 0 Å². The summed E-state index contributed by atoms with van der Waals surface area (Å²) in [6.45, 7) is 0.601. The van der Waals surface area contributed by atoms with Crippen molar-refractivity contribution in [3.8, 4) is 17.1 Å². The maximum atomic E-state index is 12.4. The summed E-state index contributed by atoms with van der Waals surface area (Å²) in [4.78, 5) is 29.9. The van der Waals surface area contributed by atoms with Crippen LogP contribution in [0.2, 0.25) is 0 Å². The maximum Gasteiger partial charge on any atom is 0.415 e. The van der Waals surface area contributed by atoms with Crippen LogP contribution < -0.4 is 20.3 Å². The maximum absolute atomic E-state index is 12.4. The Kier molecular flexibility index (Phi) is 5.35. The number of hydrogen-bond acceptors (Lipinski definition) is 9. The molecular formula is C19H20N8O4. The zero-order valence-corrected chi connectivity index (χ0v) is 17.1. The summed E-state index contributed by atoms with van der Waals surface area (Å²) in [5.41, 5.74) is 1.62. The number of rotatable bonds is 6. The molecule has 2 aromatic heterocycles. The molecule has 1 saturated heterocycles. The number of carbonyl (C=O) groups excluding carboxylic acids is 2. The highest BCUT2D eigenvalue weighted by Gasteiger charge is 2.27. The first kappa shape index (κ1) is 20.1. The van der Waals surface area contributed by atoms with Crippen molar-refractivity contribution in [3.05, 3.63) is 36.3 Å². The van der Waals surface area contributed by atoms with Crippen LogP contribution in [-0.2, 0) is 11.8 Å². The highest BCUT2D eigenvalue weighted by molar-refractivity contribution is 5.99. The van der Waals surface area contributed by atoms with Gasteiger partial charge in [0.25, 0.3) is 5.91 Å². The molecule has 0 aliphatic carbocycles. The Hall–Kier alpha value is -4.22. The lowest BCUT2D eigenvalue weighted by Crippen LogP contribution is -2.26. The van der Waals surface area contributed by atoms with E-state index in [0.29, 0.717) is 35.1 Å². The molecule has 1 aliphatic heterocycles. The van der Waals surface area contributed by atoms with Gasteiger partial charge in [0, 0.05) is 20.2 Å². The number of nitrogens with zero attached hydrogens (tertiary/aromatic N) is 6. The molecule has 3 aromatic rings. The van der Waals surface area contributed by atoms with E-state index in [0.717, 1.165) is 0 Å². The van der Waals surface area contributed by atoms with Crippen molar-refractivity contribution in [2.75, 3.05) is 37.5 Å². The average molecular weight is 424 g/mol. The number of carbonyl (C=O) groups is 2. The summed E-state index contributed by atoms with van der Waals surface area (Å²) in [6, 6.07) is 6.98. The van der Waals surface area contributed by atoms with Crippen molar-refractivity contribution in [1.82, 2.24) is 30.3 Å². The summed E-state index contributed by atoms with van der Waals surface area (Å²) >= 11 is 0. The van der Waals surface area contributed by atoms with Crippen molar-refractivity contribution >= 4 is 29.2 Å². The highest BCUT2D eigenvalue weighted by atomic mass is 16.6. The molecule has 0 radical (unpaired) electrons. The lowest BCUT2D eigenvalue weighted by molar-refractivity contribution is 0.0958. The zero-order valence-electron chi connectivity index (χ0n) is 17.1. The van der Waals surface area contributed by atoms with Gasteiger partial charge in [-0.15, -0.1) is 10.2 Å². The summed E-state index contributed by atoms with van der Waals surface area (Å²) in [5, 5.41) is 18.1. The van der Waals surface area contributed by atoms with Gasteiger partial charge in [-0.3, -0.25) is 14.4 Å². The van der Waals surface area contributed by atoms with Gasteiger partial charge in [0.05, 0.1) is 30.6 Å². The lowest BCUT2D eigenvalue weighted by atomic mass is 10.1. The summed E-state index contributed by atoms with van der Waals surface area (Å²) in [6.07, 6.45) is 1.07. The Balaban J connectivity index is 1.77. The normalized spacial score (nSPS) is 13.1. The Morgan fingerprint density at radius 1 is 1.26 bits per heavy atom. The van der Waals surface area contributed by atoms with Crippen molar-refractivity contribution in [2.45, 2.75) is 0 Å². The molecule has 1 aromatic carbocycles. The first-order valence-corrected chi connectivity index (χ1v) is 9.36. The van der Waals surface area contributed by atoms with Crippen molar-refractivity contribution in [1.29, 1.82) is 0 Å². The molecule has 0 atom stereocenters. The Morgan fingerprint density at radius 3 is 2.74 bits per heavy atom. The van der Waals surface area contributed by atoms with Crippen LogP contribution in [0.3, 0.4) is 0 Å². The molecule has 0 spiro atoms. The first-order valence-electron chi connectivity index (χ1n) is 9.36. The molecule has 12 heteroatoms. The number of para-hydroxylation sites is 1. The minimum Gasteiger partial charge on any atom is -0.494 e. The first-order chi connectivity index (χ1) is 15.0. The van der Waals surface area contributed by atoms with E-state index in [4.69, 9.17) is 9.47 Å². The van der Waals surface area contributed by atoms with Crippen molar-refractivity contribution in [2.24, 2.45) is 7.05 Å². The molecule has 0 bridgehead atoms. The van der Waals surface area contributed by atoms with Gasteiger partial charge in [-0.25, -0.2) is 9.78 Å². The monoisotopic (exact) mass is 424 g/mol. The van der Waals surface area contributed by atoms with Crippen LogP contribution >= 0.6 is 0 Å². The fourth-order valence-corrected chi connectivity index (χ4v) is 3.14. The lowest BCUT2D eigenvalue weighted by Gasteiger charge is -2.17. The van der Waals surface area contributed by atoms with Crippen LogP contribution in [0.25, 0.3) is 11.4 Å². The molecule has 0 saturated carbocycles. The van der Waals surface area contributed by atoms with Gasteiger partial charge in [-0.1, -0.05) is 6.07 Å². The molecule has 2 N–H and O–H groups in total. The van der Waals surface area contributed by atoms with Crippen molar-refractivity contribution < 1.29 is 19.1 Å². The number of anilines is 3. The van der Waals surface area contributed by atoms with Crippen LogP contribution in [0.15, 0.2) is 30.6 Å². The van der Waals surface area contributed by atoms with Gasteiger partial charge in [0.1, 0.15) is 12.9 Å². The second-order valence-electron chi connectivity index (χ2n) is 6.56. The summed E-state index contributed by atoms with van der Waals surface area (Å²) < 4.78 is 12.2. The second-order valence-corrected chi connectivity index (χ2v) is 6.56. The Morgan fingerprint density at radius 2 is 2.10 bits per heavy atom. The number of cyclic esters (lactones) is 1. The number of aromatic nitrogens is 5. The van der Waals surface area contributed by atoms with Gasteiger partial charge in [0.2, 0.25) is 0 Å². The van der Waals surface area contributed by atoms with Crippen LogP contribution in [0.5, 0.6) is 5.75 Å². The van der Waals surface area contributed by atoms with E-state index in [1.54, 1.807) is 30.2 Å². The topological polar surface area (TPSA) is 136 Å². The molecule has 2 amide bonds. The molecule has 3 heterocycles. The van der Waals surface area contributed by atoms with E-state index in [1.165, 1.54) is 19.1 Å². The largest absolute Gasteiger partial charge is 0.494 e. The van der Waals surface area contributed by atoms with Gasteiger partial charge >= 0.3 is 6.09 Å². The number of benzene rings is 1. The molecule has 160 valence electrons. The molecule has 12 nitrogen and oxygen atoms in total. The van der Waals surface area contributed by atoms with Gasteiger partial charge in [-0.2, -0.15) is 5.10 Å². The SMILES string of the molecule is CNC(=O)c1nnc(N2CCOC2=O)cc1Nc1cccc(-c2ncn(C)n2)c1OC. The second kappa shape index (κ2) is 8.26. The van der Waals surface area contributed by atoms with E-state index in [2.05, 4.69) is 30.9 Å². The summed E-state index contributed by atoms with van der Waals surface area (Å²) in [7, 11) is 4.80. The fraction of sp³-hybridized carbons (Fsp3) is 0.263. The molecule has 4 rings (SSSR count). The highest BCUT2D eigenvalue weighted by Crippen LogP contribution is 2.37. The third-order valence-corrected chi connectivity index (χ3v) is 4.59. The van der Waals surface area contributed by atoms with E-state index in [-0.39, 0.29) is 18.1 Å². The number of amides is 2. The van der Waals surface area contributed by atoms with Crippen LogP contribution in [-0.4, -0.2) is 64.3 Å². The predicted octanol–water partition coefficient (Wildman–Crippen LogP) is 1.34. The van der Waals surface area contributed by atoms with E-state index in [1.807, 2.05) is 12.1 Å². The standard InChI is InChI=1S/C19H20N8O4/c1-20-18(28)15-13(9-14(23-24-15)27-7-8-31-19(27)29)22-12-6-4-5-11(16(12)30-3)17-21-10-26(2)25-17/h4-6,9-10H,7-8H2,1-3H3,(H,20,28)(H,22,23). The summed E-state index contributed by atoms with van der Waals surface area (Å²) in [5.74, 6) is 0.796. The third-order valence-electron chi connectivity index (χ3n) is 4.59. The third kappa shape index (κ3) is 3.82. The minimum absolute atomic E-state index is 0.0576. The quantitative estimate of drug-likeness (QED) is 0.600. The molecule has 31 heavy (non-hydrogen) atoms. The Labute approximate surface area is 177 Å². The number of methoxy groups -OCH3 is 1. The van der Waals surface area contributed by atoms with Gasteiger partial charge in [-0.05, 0) is 12.1 Å². The molecular weight excluding hydrogens is 404 g/mol. The van der Waals surface area contributed by atoms with Crippen LogP contribution in [0, 0.1) is 0 Å². The Bertz CT molecular complexity index is 1150. The minimum atomic E-state index is -0.520. The molecule has 0 unspecified atom stereocenters. The van der Waals surface area contributed by atoms with E-state index < -0.39 is 12.0 Å². The van der Waals surface area contributed by atoms with Crippen LogP contribution in [0.4, 0.5) is 22.0 Å². The van der Waals surface area contributed by atoms with E-state index in [9.17, 15) is 9.59 Å². The smallest absolute Gasteiger partial charge is 0.415 e. The molecule has 1 aliphatic rings. The fourth-order valence-electron chi connectivity index (χ4n) is 3.14. The van der Waals surface area contributed by atoms with Crippen LogP contribution in [0.1, 0.15) is 10.5 Å². The zero-order chi connectivity index (χ0) is 22.0. The van der Waals surface area contributed by atoms with E-state index >= 15 is 0 Å². The average Bonchev–Trinajstić information content (AvgIpc) is 3.41. The number of aryl methyl sites for hydroxylation is 1. The van der Waals surface area contributed by atoms with Gasteiger partial charge in [0.15, 0.2) is 23.1 Å². The molecule has 1 fully saturated rings. The number of ether oxygens (including phenoxy) is 2. The number of nitrogens with one attached hydrogen (secondary N) is 2.